The maximum atomic E-state index is 12.3. The molecule has 1 amide bonds. The first-order chi connectivity index (χ1) is 11.3. The van der Waals surface area contributed by atoms with Gasteiger partial charge in [0, 0.05) is 24.3 Å². The summed E-state index contributed by atoms with van der Waals surface area (Å²) in [6.07, 6.45) is -5.01. The number of carbonyl (C=O) groups excluding carboxylic acids is 1. The van der Waals surface area contributed by atoms with Crippen LogP contribution in [0.1, 0.15) is 12.5 Å². The summed E-state index contributed by atoms with van der Waals surface area (Å²) in [4.78, 5) is 14.4. The lowest BCUT2D eigenvalue weighted by atomic mass is 10.1. The first-order valence-corrected chi connectivity index (χ1v) is 7.74. The number of anilines is 1. The van der Waals surface area contributed by atoms with Crippen LogP contribution in [-0.4, -0.2) is 55.9 Å². The topological polar surface area (TPSA) is 50.8 Å². The molecule has 1 heterocycles. The van der Waals surface area contributed by atoms with E-state index in [4.69, 9.17) is 9.47 Å². The average molecular weight is 346 g/mol. The summed E-state index contributed by atoms with van der Waals surface area (Å²) < 4.78 is 47.1. The lowest BCUT2D eigenvalue weighted by Gasteiger charge is -2.31. The molecule has 1 aliphatic heterocycles. The van der Waals surface area contributed by atoms with Gasteiger partial charge in [-0.1, -0.05) is 13.0 Å². The highest BCUT2D eigenvalue weighted by atomic mass is 19.4. The number of morpholine rings is 1. The molecule has 0 aliphatic carbocycles. The van der Waals surface area contributed by atoms with Crippen LogP contribution in [0, 0.1) is 6.92 Å². The molecule has 1 saturated heterocycles. The van der Waals surface area contributed by atoms with Crippen molar-refractivity contribution >= 4 is 11.6 Å². The zero-order valence-corrected chi connectivity index (χ0v) is 13.7. The zero-order chi connectivity index (χ0) is 17.7. The molecule has 134 valence electrons. The molecule has 1 aliphatic rings. The highest BCUT2D eigenvalue weighted by molar-refractivity contribution is 5.95. The van der Waals surface area contributed by atoms with Crippen LogP contribution in [-0.2, 0) is 9.53 Å². The van der Waals surface area contributed by atoms with E-state index in [-0.39, 0.29) is 11.7 Å². The number of halogens is 3. The molecule has 0 radical (unpaired) electrons. The van der Waals surface area contributed by atoms with Crippen LogP contribution in [0.25, 0.3) is 0 Å². The van der Waals surface area contributed by atoms with Gasteiger partial charge < -0.3 is 14.8 Å². The van der Waals surface area contributed by atoms with Gasteiger partial charge in [-0.25, -0.2) is 0 Å². The molecule has 0 aromatic heterocycles. The molecule has 1 N–H and O–H groups in total. The summed E-state index contributed by atoms with van der Waals surface area (Å²) in [5.41, 5.74) is 0.857. The van der Waals surface area contributed by atoms with Gasteiger partial charge in [0.1, 0.15) is 11.9 Å². The van der Waals surface area contributed by atoms with E-state index < -0.39 is 18.9 Å². The maximum absolute atomic E-state index is 12.3. The van der Waals surface area contributed by atoms with Crippen LogP contribution in [0.4, 0.5) is 18.9 Å². The molecule has 0 spiro atoms. The summed E-state index contributed by atoms with van der Waals surface area (Å²) in [6.45, 7) is 4.80. The van der Waals surface area contributed by atoms with E-state index >= 15 is 0 Å². The Balaban J connectivity index is 2.02. The Morgan fingerprint density at radius 3 is 2.88 bits per heavy atom. The fraction of sp³-hybridized carbons (Fsp3) is 0.562. The highest BCUT2D eigenvalue weighted by Crippen LogP contribution is 2.27. The number of nitrogens with one attached hydrogen (secondary N) is 1. The molecule has 24 heavy (non-hydrogen) atoms. The second-order valence-electron chi connectivity index (χ2n) is 5.57. The second-order valence-corrected chi connectivity index (χ2v) is 5.57. The number of ether oxygens (including phenoxy) is 2. The number of likely N-dealkylation sites (N-methyl/N-ethyl adjacent to an activating group) is 1. The first kappa shape index (κ1) is 18.5. The van der Waals surface area contributed by atoms with E-state index in [0.29, 0.717) is 24.4 Å². The molecular weight excluding hydrogens is 325 g/mol. The summed E-state index contributed by atoms with van der Waals surface area (Å²) in [5, 5.41) is 2.71. The van der Waals surface area contributed by atoms with Crippen LogP contribution < -0.4 is 10.1 Å². The van der Waals surface area contributed by atoms with Crippen LogP contribution >= 0.6 is 0 Å². The number of carbonyl (C=O) groups is 1. The minimum atomic E-state index is -4.41. The van der Waals surface area contributed by atoms with Crippen molar-refractivity contribution in [2.45, 2.75) is 26.1 Å². The lowest BCUT2D eigenvalue weighted by molar-refractivity contribution is -0.153. The molecule has 1 atom stereocenters. The van der Waals surface area contributed by atoms with Crippen LogP contribution in [0.3, 0.4) is 0 Å². The Morgan fingerprint density at radius 2 is 2.21 bits per heavy atom. The number of benzene rings is 1. The van der Waals surface area contributed by atoms with Crippen molar-refractivity contribution < 1.29 is 27.4 Å². The number of hydrogen-bond donors (Lipinski definition) is 1. The quantitative estimate of drug-likeness (QED) is 0.890. The minimum Gasteiger partial charge on any atom is -0.484 e. The van der Waals surface area contributed by atoms with Gasteiger partial charge >= 0.3 is 6.18 Å². The van der Waals surface area contributed by atoms with Crippen molar-refractivity contribution in [2.75, 3.05) is 38.2 Å². The van der Waals surface area contributed by atoms with Crippen molar-refractivity contribution in [3.8, 4) is 5.75 Å². The second kappa shape index (κ2) is 7.85. The molecule has 1 aromatic rings. The van der Waals surface area contributed by atoms with Crippen molar-refractivity contribution in [3.05, 3.63) is 23.8 Å². The van der Waals surface area contributed by atoms with Crippen LogP contribution in [0.2, 0.25) is 0 Å². The van der Waals surface area contributed by atoms with Gasteiger partial charge in [0.2, 0.25) is 0 Å². The monoisotopic (exact) mass is 346 g/mol. The highest BCUT2D eigenvalue weighted by Gasteiger charge is 2.29. The lowest BCUT2D eigenvalue weighted by Crippen LogP contribution is -2.47. The molecule has 0 unspecified atom stereocenters. The Morgan fingerprint density at radius 1 is 1.46 bits per heavy atom. The Bertz CT molecular complexity index is 578. The summed E-state index contributed by atoms with van der Waals surface area (Å²) >= 11 is 0. The fourth-order valence-electron chi connectivity index (χ4n) is 2.43. The largest absolute Gasteiger partial charge is 0.484 e. The molecule has 0 bridgehead atoms. The maximum Gasteiger partial charge on any atom is 0.422 e. The number of amides is 1. The third kappa shape index (κ3) is 5.10. The van der Waals surface area contributed by atoms with Gasteiger partial charge in [0.15, 0.2) is 6.61 Å². The Kier molecular flexibility index (Phi) is 6.06. The van der Waals surface area contributed by atoms with E-state index in [1.54, 1.807) is 13.0 Å². The molecule has 2 rings (SSSR count). The number of alkyl halides is 3. The SMILES string of the molecule is CCN1CCO[C@H](C(=O)Nc2cccc(OCC(F)(F)F)c2C)C1. The minimum absolute atomic E-state index is 0.0878. The summed E-state index contributed by atoms with van der Waals surface area (Å²) in [6, 6.07) is 4.59. The molecule has 5 nitrogen and oxygen atoms in total. The Hall–Kier alpha value is -1.80. The van der Waals surface area contributed by atoms with Crippen molar-refractivity contribution in [3.63, 3.8) is 0 Å². The summed E-state index contributed by atoms with van der Waals surface area (Å²) in [5.74, 6) is -0.228. The van der Waals surface area contributed by atoms with E-state index in [1.165, 1.54) is 12.1 Å². The molecule has 8 heteroatoms. The smallest absolute Gasteiger partial charge is 0.422 e. The van der Waals surface area contributed by atoms with E-state index in [0.717, 1.165) is 13.1 Å². The number of rotatable bonds is 5. The average Bonchev–Trinajstić information content (AvgIpc) is 2.55. The van der Waals surface area contributed by atoms with E-state index in [1.807, 2.05) is 6.92 Å². The van der Waals surface area contributed by atoms with E-state index in [9.17, 15) is 18.0 Å². The van der Waals surface area contributed by atoms with Crippen molar-refractivity contribution in [2.24, 2.45) is 0 Å². The Labute approximate surface area is 138 Å². The fourth-order valence-corrected chi connectivity index (χ4v) is 2.43. The van der Waals surface area contributed by atoms with Gasteiger partial charge in [-0.3, -0.25) is 9.69 Å². The predicted octanol–water partition coefficient (Wildman–Crippen LogP) is 2.60. The van der Waals surface area contributed by atoms with E-state index in [2.05, 4.69) is 10.2 Å². The van der Waals surface area contributed by atoms with Crippen LogP contribution in [0.5, 0.6) is 5.75 Å². The van der Waals surface area contributed by atoms with Gasteiger partial charge in [0.05, 0.1) is 6.61 Å². The van der Waals surface area contributed by atoms with Crippen molar-refractivity contribution in [1.29, 1.82) is 0 Å². The molecule has 1 aromatic carbocycles. The van der Waals surface area contributed by atoms with Gasteiger partial charge in [0.25, 0.3) is 5.91 Å². The van der Waals surface area contributed by atoms with Gasteiger partial charge in [-0.2, -0.15) is 13.2 Å². The normalized spacial score (nSPS) is 19.1. The number of hydrogen-bond acceptors (Lipinski definition) is 4. The predicted molar refractivity (Wildman–Crippen MR) is 83.2 cm³/mol. The third-order valence-corrected chi connectivity index (χ3v) is 3.82. The molecular formula is C16H21F3N2O3. The zero-order valence-electron chi connectivity index (χ0n) is 13.7. The standard InChI is InChI=1S/C16H21F3N2O3/c1-3-21-7-8-23-14(9-21)15(22)20-12-5-4-6-13(11(12)2)24-10-16(17,18)19/h4-6,14H,3,7-10H2,1-2H3,(H,20,22)/t14-/m0/s1. The van der Waals surface area contributed by atoms with Gasteiger partial charge in [-0.15, -0.1) is 0 Å². The first-order valence-electron chi connectivity index (χ1n) is 7.74. The molecule has 0 saturated carbocycles. The summed E-state index contributed by atoms with van der Waals surface area (Å²) in [7, 11) is 0. The van der Waals surface area contributed by atoms with Crippen LogP contribution in [0.15, 0.2) is 18.2 Å². The number of nitrogens with zero attached hydrogens (tertiary/aromatic N) is 1. The molecule has 1 fully saturated rings. The van der Waals surface area contributed by atoms with Crippen molar-refractivity contribution in [1.82, 2.24) is 4.90 Å². The third-order valence-electron chi connectivity index (χ3n) is 3.82. The van der Waals surface area contributed by atoms with Gasteiger partial charge in [-0.05, 0) is 25.6 Å².